The van der Waals surface area contributed by atoms with Crippen molar-refractivity contribution in [1.29, 1.82) is 0 Å². The molecule has 1 amide bonds. The molecule has 2 bridgehead atoms. The Morgan fingerprint density at radius 2 is 1.58 bits per heavy atom. The highest BCUT2D eigenvalue weighted by atomic mass is 16.6. The monoisotopic (exact) mass is 916 g/mol. The topological polar surface area (TPSA) is 195 Å². The molecule has 3 fully saturated rings. The van der Waals surface area contributed by atoms with Crippen molar-refractivity contribution in [2.24, 2.45) is 35.5 Å². The number of methoxy groups -OCH3 is 3. The first-order valence-corrected chi connectivity index (χ1v) is 24.2. The van der Waals surface area contributed by atoms with Crippen molar-refractivity contribution in [2.75, 3.05) is 27.9 Å². The number of esters is 1. The van der Waals surface area contributed by atoms with Crippen LogP contribution in [-0.2, 0) is 47.7 Å². The van der Waals surface area contributed by atoms with Gasteiger partial charge in [-0.2, -0.15) is 0 Å². The van der Waals surface area contributed by atoms with E-state index >= 15 is 0 Å². The van der Waals surface area contributed by atoms with Crippen molar-refractivity contribution < 1.29 is 63.0 Å². The molecule has 1 aliphatic carbocycles. The smallest absolute Gasteiger partial charge is 0.329 e. The van der Waals surface area contributed by atoms with E-state index in [2.05, 4.69) is 13.0 Å². The Kier molecular flexibility index (Phi) is 21.2. The average Bonchev–Trinajstić information content (AvgIpc) is 3.28. The standard InChI is InChI=1S/C51H81NO13/c1-30-16-12-11-13-17-31(2)42(61-8)28-38-21-19-36(7)51(60,65-38)48(57)49(58)52-23-15-14-18-39(52)50(59)64-43(33(4)26-37-20-22-40(53)44(27-37)62-9)29-41(54)32(3)25-35(6)46(56)47(63-10)45(55)34(5)24-30/h11,13,17,25,30,32-34,36-40,42-44,46-47,53,56,60H,12,14-16,18-24,26-29H2,1-10H3/b13-11+,31-17+,35-25+/t30?,32-,33-,34-,36-,37+,38+,39+,40-,42+,43+,44-,46?,47+,51?/m1/s1. The van der Waals surface area contributed by atoms with Gasteiger partial charge in [0.1, 0.15) is 30.1 Å². The molecule has 1 saturated carbocycles. The molecule has 65 heavy (non-hydrogen) atoms. The van der Waals surface area contributed by atoms with Gasteiger partial charge < -0.3 is 43.9 Å². The van der Waals surface area contributed by atoms with Crippen LogP contribution < -0.4 is 0 Å². The number of Topliss-reactive ketones (excluding diaryl/α,β-unsaturated/α-hetero) is 3. The molecule has 3 N–H and O–H groups in total. The molecule has 3 heterocycles. The van der Waals surface area contributed by atoms with Crippen LogP contribution in [0.25, 0.3) is 0 Å². The third-order valence-corrected chi connectivity index (χ3v) is 14.8. The van der Waals surface area contributed by atoms with E-state index in [0.29, 0.717) is 63.4 Å². The van der Waals surface area contributed by atoms with E-state index in [1.807, 2.05) is 32.9 Å². The van der Waals surface area contributed by atoms with Crippen LogP contribution in [0, 0.1) is 35.5 Å². The molecule has 2 saturated heterocycles. The third-order valence-electron chi connectivity index (χ3n) is 14.8. The van der Waals surface area contributed by atoms with Crippen molar-refractivity contribution in [2.45, 2.75) is 193 Å². The molecule has 14 heteroatoms. The molecule has 0 aromatic heterocycles. The van der Waals surface area contributed by atoms with E-state index in [1.165, 1.54) is 12.0 Å². The summed E-state index contributed by atoms with van der Waals surface area (Å²) in [5.41, 5.74) is 1.31. The summed E-state index contributed by atoms with van der Waals surface area (Å²) in [7, 11) is 4.55. The summed E-state index contributed by atoms with van der Waals surface area (Å²) < 4.78 is 29.4. The van der Waals surface area contributed by atoms with E-state index in [4.69, 9.17) is 23.7 Å². The fraction of sp³-hybridized carbons (Fsp3) is 0.784. The normalized spacial score (nSPS) is 40.2. The maximum absolute atomic E-state index is 14.4. The van der Waals surface area contributed by atoms with Gasteiger partial charge in [-0.1, -0.05) is 58.9 Å². The number of hydrogen-bond donors (Lipinski definition) is 3. The molecule has 15 atom stereocenters. The van der Waals surface area contributed by atoms with Gasteiger partial charge in [0, 0.05) is 58.5 Å². The number of allylic oxidation sites excluding steroid dienone is 4. The summed E-state index contributed by atoms with van der Waals surface area (Å²) in [6, 6.07) is -1.13. The number of hydrogen-bond acceptors (Lipinski definition) is 13. The summed E-state index contributed by atoms with van der Waals surface area (Å²) in [6.45, 7) is 12.9. The highest BCUT2D eigenvalue weighted by Gasteiger charge is 2.53. The number of amides is 1. The fourth-order valence-corrected chi connectivity index (χ4v) is 10.4. The largest absolute Gasteiger partial charge is 0.460 e. The van der Waals surface area contributed by atoms with Gasteiger partial charge in [0.05, 0.1) is 24.4 Å². The minimum atomic E-state index is -2.42. The summed E-state index contributed by atoms with van der Waals surface area (Å²) >= 11 is 0. The number of cyclic esters (lactones) is 1. The SMILES string of the molecule is CO[C@H]1C[C@@H]2CC[C@@H](C)C(O)(O2)C(=O)C(=O)N2CCCC[C@H]2C(=O)O[C@H]([C@H](C)C[C@@H]2CC[C@@H](O)[C@H](OC)C2)CC(=O)[C@H](C)/C=C(\C)C(O)[C@@H](OC)C(=O)[C@H](C)CC(C)CC/C=C/C=C/1C. The van der Waals surface area contributed by atoms with Crippen molar-refractivity contribution in [1.82, 2.24) is 4.90 Å². The zero-order chi connectivity index (χ0) is 48.2. The zero-order valence-electron chi connectivity index (χ0n) is 40.9. The first-order chi connectivity index (χ1) is 30.7. The van der Waals surface area contributed by atoms with E-state index in [9.17, 15) is 39.3 Å². The molecular weight excluding hydrogens is 835 g/mol. The number of ketones is 3. The summed E-state index contributed by atoms with van der Waals surface area (Å²) in [4.78, 5) is 71.8. The van der Waals surface area contributed by atoms with Gasteiger partial charge in [0.25, 0.3) is 11.7 Å². The quantitative estimate of drug-likeness (QED) is 0.151. The number of aliphatic hydroxyl groups excluding tert-OH is 2. The number of carbonyl (C=O) groups excluding carboxylic acids is 5. The highest BCUT2D eigenvalue weighted by Crippen LogP contribution is 2.38. The van der Waals surface area contributed by atoms with Crippen molar-refractivity contribution >= 4 is 29.2 Å². The van der Waals surface area contributed by atoms with Crippen LogP contribution in [0.15, 0.2) is 35.5 Å². The maximum Gasteiger partial charge on any atom is 0.329 e. The lowest BCUT2D eigenvalue weighted by Crippen LogP contribution is -2.61. The minimum Gasteiger partial charge on any atom is -0.460 e. The third kappa shape index (κ3) is 14.4. The van der Waals surface area contributed by atoms with Crippen LogP contribution >= 0.6 is 0 Å². The molecule has 3 aliphatic heterocycles. The van der Waals surface area contributed by atoms with Crippen LogP contribution in [-0.4, -0.2) is 132 Å². The Labute approximate surface area is 387 Å². The Hall–Kier alpha value is -3.11. The van der Waals surface area contributed by atoms with Crippen LogP contribution in [0.1, 0.15) is 138 Å². The molecular formula is C51H81NO13. The number of aliphatic hydroxyl groups is 3. The van der Waals surface area contributed by atoms with Crippen LogP contribution in [0.4, 0.5) is 0 Å². The molecule has 4 rings (SSSR count). The number of fused-ring (bicyclic) bond motifs is 3. The van der Waals surface area contributed by atoms with Crippen molar-refractivity contribution in [3.63, 3.8) is 0 Å². The van der Waals surface area contributed by atoms with Gasteiger partial charge in [-0.05, 0) is 120 Å². The number of nitrogens with zero attached hydrogens (tertiary/aromatic N) is 1. The van der Waals surface area contributed by atoms with Gasteiger partial charge in [-0.15, -0.1) is 0 Å². The second-order valence-corrected chi connectivity index (χ2v) is 20.0. The predicted molar refractivity (Wildman–Crippen MR) is 245 cm³/mol. The fourth-order valence-electron chi connectivity index (χ4n) is 10.4. The summed E-state index contributed by atoms with van der Waals surface area (Å²) in [6.07, 6.45) is 9.47. The molecule has 0 spiro atoms. The number of carbonyl (C=O) groups is 5. The van der Waals surface area contributed by atoms with Crippen LogP contribution in [0.2, 0.25) is 0 Å². The molecule has 4 aliphatic rings. The lowest BCUT2D eigenvalue weighted by Gasteiger charge is -2.42. The lowest BCUT2D eigenvalue weighted by atomic mass is 9.78. The van der Waals surface area contributed by atoms with Gasteiger partial charge in [0.15, 0.2) is 5.78 Å². The van der Waals surface area contributed by atoms with E-state index in [0.717, 1.165) is 24.8 Å². The molecule has 3 unspecified atom stereocenters. The van der Waals surface area contributed by atoms with Crippen LogP contribution in [0.3, 0.4) is 0 Å². The summed E-state index contributed by atoms with van der Waals surface area (Å²) in [5, 5.41) is 33.9. The van der Waals surface area contributed by atoms with Gasteiger partial charge in [-0.25, -0.2) is 4.79 Å². The Morgan fingerprint density at radius 3 is 2.26 bits per heavy atom. The van der Waals surface area contributed by atoms with E-state index < -0.39 is 83.9 Å². The van der Waals surface area contributed by atoms with Crippen molar-refractivity contribution in [3.8, 4) is 0 Å². The molecule has 14 nitrogen and oxygen atoms in total. The van der Waals surface area contributed by atoms with Gasteiger partial charge in [-0.3, -0.25) is 19.2 Å². The van der Waals surface area contributed by atoms with Crippen LogP contribution in [0.5, 0.6) is 0 Å². The molecule has 368 valence electrons. The lowest BCUT2D eigenvalue weighted by molar-refractivity contribution is -0.265. The average molecular weight is 916 g/mol. The Morgan fingerprint density at radius 1 is 0.862 bits per heavy atom. The van der Waals surface area contributed by atoms with E-state index in [1.54, 1.807) is 41.1 Å². The van der Waals surface area contributed by atoms with Gasteiger partial charge >= 0.3 is 5.97 Å². The second-order valence-electron chi connectivity index (χ2n) is 20.0. The first-order valence-electron chi connectivity index (χ1n) is 24.2. The van der Waals surface area contributed by atoms with E-state index in [-0.39, 0.29) is 54.8 Å². The Balaban J connectivity index is 1.69. The molecule has 0 radical (unpaired) electrons. The highest BCUT2D eigenvalue weighted by molar-refractivity contribution is 6.39. The second kappa shape index (κ2) is 25.3. The number of piperidine rings is 1. The number of ether oxygens (including phenoxy) is 5. The maximum atomic E-state index is 14.4. The first kappa shape index (κ1) is 54.5. The molecule has 0 aromatic carbocycles. The Bertz CT molecular complexity index is 1710. The van der Waals surface area contributed by atoms with Gasteiger partial charge in [0.2, 0.25) is 5.79 Å². The predicted octanol–water partition coefficient (Wildman–Crippen LogP) is 6.40. The molecule has 0 aromatic rings. The summed E-state index contributed by atoms with van der Waals surface area (Å²) in [5.74, 6) is -7.63. The van der Waals surface area contributed by atoms with Crippen molar-refractivity contribution in [3.05, 3.63) is 35.5 Å². The minimum absolute atomic E-state index is 0.0928. The zero-order valence-corrected chi connectivity index (χ0v) is 40.9. The number of rotatable bonds is 6.